The van der Waals surface area contributed by atoms with Crippen molar-refractivity contribution in [3.05, 3.63) is 40.5 Å². The zero-order valence-electron chi connectivity index (χ0n) is 10.0. The van der Waals surface area contributed by atoms with Gasteiger partial charge in [-0.05, 0) is 28.8 Å². The highest BCUT2D eigenvalue weighted by Gasteiger charge is 2.06. The quantitative estimate of drug-likeness (QED) is 0.858. The van der Waals surface area contributed by atoms with Crippen molar-refractivity contribution in [2.24, 2.45) is 0 Å². The number of carbonyl (C=O) groups is 1. The highest BCUT2D eigenvalue weighted by atomic mass is 32.1. The molecule has 2 aromatic rings. The highest BCUT2D eigenvalue weighted by Crippen LogP contribution is 2.06. The number of anilines is 1. The van der Waals surface area contributed by atoms with Crippen LogP contribution in [0.4, 0.5) is 5.82 Å². The first kappa shape index (κ1) is 12.5. The van der Waals surface area contributed by atoms with Gasteiger partial charge in [0.15, 0.2) is 0 Å². The van der Waals surface area contributed by atoms with Gasteiger partial charge in [0.2, 0.25) is 0 Å². The molecule has 0 aliphatic carbocycles. The van der Waals surface area contributed by atoms with Crippen molar-refractivity contribution in [1.29, 1.82) is 0 Å². The van der Waals surface area contributed by atoms with Crippen LogP contribution in [0.1, 0.15) is 16.1 Å². The predicted octanol–water partition coefficient (Wildman–Crippen LogP) is 1.55. The maximum atomic E-state index is 11.7. The van der Waals surface area contributed by atoms with Gasteiger partial charge in [-0.1, -0.05) is 0 Å². The molecular formula is C12H14N4OS. The SMILES string of the molecule is CNc1cnc(C(=O)NCCc2ccsc2)cn1. The maximum Gasteiger partial charge on any atom is 0.271 e. The smallest absolute Gasteiger partial charge is 0.271 e. The average Bonchev–Trinajstić information content (AvgIpc) is 2.92. The molecule has 0 fully saturated rings. The zero-order valence-corrected chi connectivity index (χ0v) is 10.8. The number of amides is 1. The lowest BCUT2D eigenvalue weighted by Gasteiger charge is -2.04. The summed E-state index contributed by atoms with van der Waals surface area (Å²) in [6.45, 7) is 0.602. The molecule has 0 radical (unpaired) electrons. The minimum atomic E-state index is -0.194. The van der Waals surface area contributed by atoms with Gasteiger partial charge in [0.25, 0.3) is 5.91 Å². The Balaban J connectivity index is 1.83. The molecule has 0 spiro atoms. The monoisotopic (exact) mass is 262 g/mol. The van der Waals surface area contributed by atoms with Crippen LogP contribution in [-0.4, -0.2) is 29.5 Å². The standard InChI is InChI=1S/C12H14N4OS/c1-13-11-7-15-10(6-16-11)12(17)14-4-2-9-3-5-18-8-9/h3,5-8H,2,4H2,1H3,(H,13,16)(H,14,17). The number of carbonyl (C=O) groups excluding carboxylic acids is 1. The molecule has 0 atom stereocenters. The van der Waals surface area contributed by atoms with Crippen LogP contribution in [0.15, 0.2) is 29.2 Å². The Morgan fingerprint density at radius 3 is 2.89 bits per heavy atom. The molecule has 0 bridgehead atoms. The summed E-state index contributed by atoms with van der Waals surface area (Å²) in [5.74, 6) is 0.449. The van der Waals surface area contributed by atoms with Crippen molar-refractivity contribution >= 4 is 23.1 Å². The summed E-state index contributed by atoms with van der Waals surface area (Å²) in [7, 11) is 1.75. The number of thiophene rings is 1. The third-order valence-electron chi connectivity index (χ3n) is 2.42. The number of hydrogen-bond acceptors (Lipinski definition) is 5. The van der Waals surface area contributed by atoms with E-state index >= 15 is 0 Å². The Hall–Kier alpha value is -1.95. The van der Waals surface area contributed by atoms with Crippen molar-refractivity contribution < 1.29 is 4.79 Å². The molecule has 5 nitrogen and oxygen atoms in total. The lowest BCUT2D eigenvalue weighted by atomic mass is 10.2. The molecule has 0 saturated carbocycles. The largest absolute Gasteiger partial charge is 0.372 e. The predicted molar refractivity (Wildman–Crippen MR) is 71.9 cm³/mol. The van der Waals surface area contributed by atoms with Crippen molar-refractivity contribution in [2.45, 2.75) is 6.42 Å². The summed E-state index contributed by atoms with van der Waals surface area (Å²) < 4.78 is 0. The van der Waals surface area contributed by atoms with Gasteiger partial charge < -0.3 is 10.6 Å². The van der Waals surface area contributed by atoms with Crippen LogP contribution in [0.3, 0.4) is 0 Å². The van der Waals surface area contributed by atoms with E-state index in [2.05, 4.69) is 32.0 Å². The molecule has 0 aliphatic heterocycles. The molecule has 2 rings (SSSR count). The van der Waals surface area contributed by atoms with E-state index in [1.165, 1.54) is 18.0 Å². The first-order chi connectivity index (χ1) is 8.79. The summed E-state index contributed by atoms with van der Waals surface area (Å²) in [5.41, 5.74) is 1.57. The topological polar surface area (TPSA) is 66.9 Å². The molecule has 2 heterocycles. The molecule has 0 saturated heterocycles. The van der Waals surface area contributed by atoms with E-state index in [4.69, 9.17) is 0 Å². The molecule has 0 aliphatic rings. The minimum absolute atomic E-state index is 0.194. The van der Waals surface area contributed by atoms with Gasteiger partial charge in [0.05, 0.1) is 12.4 Å². The Morgan fingerprint density at radius 1 is 1.39 bits per heavy atom. The van der Waals surface area contributed by atoms with Gasteiger partial charge in [-0.3, -0.25) is 4.79 Å². The zero-order chi connectivity index (χ0) is 12.8. The Labute approximate surface area is 109 Å². The van der Waals surface area contributed by atoms with E-state index in [9.17, 15) is 4.79 Å². The fourth-order valence-corrected chi connectivity index (χ4v) is 2.12. The third-order valence-corrected chi connectivity index (χ3v) is 3.15. The normalized spacial score (nSPS) is 10.1. The van der Waals surface area contributed by atoms with Crippen LogP contribution in [0, 0.1) is 0 Å². The summed E-state index contributed by atoms with van der Waals surface area (Å²) in [6.07, 6.45) is 3.83. The van der Waals surface area contributed by atoms with Crippen molar-refractivity contribution in [3.63, 3.8) is 0 Å². The molecule has 1 amide bonds. The van der Waals surface area contributed by atoms with Gasteiger partial charge in [0, 0.05) is 13.6 Å². The summed E-state index contributed by atoms with van der Waals surface area (Å²) in [6, 6.07) is 2.05. The first-order valence-electron chi connectivity index (χ1n) is 5.58. The van der Waals surface area contributed by atoms with E-state index < -0.39 is 0 Å². The lowest BCUT2D eigenvalue weighted by Crippen LogP contribution is -2.26. The van der Waals surface area contributed by atoms with E-state index in [0.717, 1.165) is 6.42 Å². The summed E-state index contributed by atoms with van der Waals surface area (Å²) in [5, 5.41) is 9.77. The van der Waals surface area contributed by atoms with E-state index in [-0.39, 0.29) is 5.91 Å². The van der Waals surface area contributed by atoms with Gasteiger partial charge in [-0.2, -0.15) is 11.3 Å². The van der Waals surface area contributed by atoms with Gasteiger partial charge in [-0.15, -0.1) is 0 Å². The molecule has 18 heavy (non-hydrogen) atoms. The fraction of sp³-hybridized carbons (Fsp3) is 0.250. The Morgan fingerprint density at radius 2 is 2.28 bits per heavy atom. The summed E-state index contributed by atoms with van der Waals surface area (Å²) in [4.78, 5) is 19.8. The fourth-order valence-electron chi connectivity index (χ4n) is 1.42. The molecule has 6 heteroatoms. The van der Waals surface area contributed by atoms with Crippen molar-refractivity contribution in [3.8, 4) is 0 Å². The average molecular weight is 262 g/mol. The lowest BCUT2D eigenvalue weighted by molar-refractivity contribution is 0.0949. The first-order valence-corrected chi connectivity index (χ1v) is 6.53. The molecular weight excluding hydrogens is 248 g/mol. The summed E-state index contributed by atoms with van der Waals surface area (Å²) >= 11 is 1.66. The molecule has 94 valence electrons. The number of nitrogens with zero attached hydrogens (tertiary/aromatic N) is 2. The second kappa shape index (κ2) is 6.11. The minimum Gasteiger partial charge on any atom is -0.372 e. The van der Waals surface area contributed by atoms with Crippen LogP contribution in [0.2, 0.25) is 0 Å². The van der Waals surface area contributed by atoms with Crippen molar-refractivity contribution in [1.82, 2.24) is 15.3 Å². The molecule has 0 unspecified atom stereocenters. The second-order valence-electron chi connectivity index (χ2n) is 3.67. The Kier molecular flexibility index (Phi) is 4.25. The van der Waals surface area contributed by atoms with Gasteiger partial charge >= 0.3 is 0 Å². The van der Waals surface area contributed by atoms with Crippen LogP contribution in [-0.2, 0) is 6.42 Å². The van der Waals surface area contributed by atoms with Crippen LogP contribution >= 0.6 is 11.3 Å². The van der Waals surface area contributed by atoms with Crippen LogP contribution in [0.5, 0.6) is 0 Å². The maximum absolute atomic E-state index is 11.7. The number of hydrogen-bond donors (Lipinski definition) is 2. The van der Waals surface area contributed by atoms with E-state index in [1.807, 2.05) is 5.38 Å². The number of nitrogens with one attached hydrogen (secondary N) is 2. The molecule has 2 aromatic heterocycles. The molecule has 0 aromatic carbocycles. The molecule has 2 N–H and O–H groups in total. The third kappa shape index (κ3) is 3.27. The second-order valence-corrected chi connectivity index (χ2v) is 4.45. The van der Waals surface area contributed by atoms with E-state index in [1.54, 1.807) is 18.4 Å². The van der Waals surface area contributed by atoms with Crippen molar-refractivity contribution in [2.75, 3.05) is 18.9 Å². The van der Waals surface area contributed by atoms with Crippen LogP contribution < -0.4 is 10.6 Å². The highest BCUT2D eigenvalue weighted by molar-refractivity contribution is 7.07. The van der Waals surface area contributed by atoms with Gasteiger partial charge in [0.1, 0.15) is 11.5 Å². The van der Waals surface area contributed by atoms with Gasteiger partial charge in [-0.25, -0.2) is 9.97 Å². The Bertz CT molecular complexity index is 495. The number of rotatable bonds is 5. The van der Waals surface area contributed by atoms with Crippen LogP contribution in [0.25, 0.3) is 0 Å². The van der Waals surface area contributed by atoms with E-state index in [0.29, 0.717) is 18.1 Å². The number of aromatic nitrogens is 2.